The van der Waals surface area contributed by atoms with Crippen LogP contribution in [0.1, 0.15) is 5.56 Å². The summed E-state index contributed by atoms with van der Waals surface area (Å²) in [5.74, 6) is 0.263. The van der Waals surface area contributed by atoms with Gasteiger partial charge in [0.05, 0.1) is 4.92 Å². The fraction of sp³-hybridized carbons (Fsp3) is 0.238. The maximum absolute atomic E-state index is 11.6. The van der Waals surface area contributed by atoms with Crippen LogP contribution in [0, 0.1) is 10.1 Å². The Kier molecular flexibility index (Phi) is 6.15. The summed E-state index contributed by atoms with van der Waals surface area (Å²) in [6, 6.07) is 17.1. The first-order chi connectivity index (χ1) is 15.0. The second-order valence-electron chi connectivity index (χ2n) is 7.24. The number of nitrogens with zero attached hydrogens (tertiary/aromatic N) is 5. The smallest absolute Gasteiger partial charge is 0.353 e. The Bertz CT molecular complexity index is 1060. The molecule has 9 nitrogen and oxygen atoms in total. The number of piperazine rings is 1. The van der Waals surface area contributed by atoms with Crippen molar-refractivity contribution in [3.8, 4) is 0 Å². The first kappa shape index (κ1) is 20.8. The van der Waals surface area contributed by atoms with Gasteiger partial charge in [-0.15, -0.1) is 0 Å². The zero-order chi connectivity index (χ0) is 21.8. The van der Waals surface area contributed by atoms with Crippen molar-refractivity contribution in [2.45, 2.75) is 6.54 Å². The molecule has 3 N–H and O–H groups in total. The van der Waals surface area contributed by atoms with Crippen molar-refractivity contribution >= 4 is 40.6 Å². The molecule has 160 valence electrons. The molecular weight excluding hydrogens is 418 g/mol. The number of hydrogen-bond donors (Lipinski definition) is 2. The molecule has 1 aliphatic rings. The molecule has 0 radical (unpaired) electrons. The van der Waals surface area contributed by atoms with Crippen molar-refractivity contribution in [3.05, 3.63) is 75.3 Å². The molecule has 4 rings (SSSR count). The molecule has 2 heterocycles. The van der Waals surface area contributed by atoms with Crippen LogP contribution in [0.2, 0.25) is 5.02 Å². The van der Waals surface area contributed by atoms with Gasteiger partial charge >= 0.3 is 5.69 Å². The number of nitrogens with one attached hydrogen (secondary N) is 1. The van der Waals surface area contributed by atoms with E-state index in [1.807, 2.05) is 23.1 Å². The van der Waals surface area contributed by atoms with Crippen LogP contribution in [0.5, 0.6) is 0 Å². The first-order valence-electron chi connectivity index (χ1n) is 9.85. The van der Waals surface area contributed by atoms with Gasteiger partial charge < -0.3 is 16.0 Å². The van der Waals surface area contributed by atoms with Gasteiger partial charge in [-0.1, -0.05) is 41.9 Å². The van der Waals surface area contributed by atoms with E-state index >= 15 is 0 Å². The van der Waals surface area contributed by atoms with E-state index in [0.29, 0.717) is 29.7 Å². The van der Waals surface area contributed by atoms with Gasteiger partial charge in [-0.05, 0) is 29.8 Å². The normalized spacial score (nSPS) is 14.4. The Morgan fingerprint density at radius 2 is 1.71 bits per heavy atom. The van der Waals surface area contributed by atoms with E-state index in [-0.39, 0.29) is 17.3 Å². The number of nitrogens with two attached hydrogens (primary N) is 1. The van der Waals surface area contributed by atoms with Crippen molar-refractivity contribution in [2.24, 2.45) is 0 Å². The summed E-state index contributed by atoms with van der Waals surface area (Å²) in [6.07, 6.45) is 0. The Balaban J connectivity index is 1.51. The monoisotopic (exact) mass is 439 g/mol. The minimum Gasteiger partial charge on any atom is -0.378 e. The topological polar surface area (TPSA) is 113 Å². The average molecular weight is 440 g/mol. The van der Waals surface area contributed by atoms with Crippen LogP contribution in [-0.4, -0.2) is 46.0 Å². The number of hydrogen-bond acceptors (Lipinski definition) is 8. The number of benzene rings is 2. The standard InChI is InChI=1S/C21H22ClN7O2/c22-16-6-8-17(9-7-16)24-20-18(29(30)31)19(23)25-21(26-20)28-12-10-27(11-13-28)14-15-4-2-1-3-5-15/h1-9H,10-14H2,(H3,23,24,25,26). The minimum atomic E-state index is -0.574. The van der Waals surface area contributed by atoms with Crippen molar-refractivity contribution in [3.63, 3.8) is 0 Å². The number of anilines is 4. The molecule has 3 aromatic rings. The highest BCUT2D eigenvalue weighted by atomic mass is 35.5. The Labute approximate surface area is 184 Å². The molecule has 0 aliphatic carbocycles. The molecule has 1 aliphatic heterocycles. The van der Waals surface area contributed by atoms with Crippen LogP contribution in [-0.2, 0) is 6.54 Å². The van der Waals surface area contributed by atoms with Crippen LogP contribution < -0.4 is 16.0 Å². The lowest BCUT2D eigenvalue weighted by molar-refractivity contribution is -0.383. The lowest BCUT2D eigenvalue weighted by atomic mass is 10.2. The van der Waals surface area contributed by atoms with E-state index in [4.69, 9.17) is 17.3 Å². The SMILES string of the molecule is Nc1nc(N2CCN(Cc3ccccc3)CC2)nc(Nc2ccc(Cl)cc2)c1[N+](=O)[O-]. The van der Waals surface area contributed by atoms with Crippen molar-refractivity contribution in [1.82, 2.24) is 14.9 Å². The molecule has 1 fully saturated rings. The molecule has 31 heavy (non-hydrogen) atoms. The quantitative estimate of drug-likeness (QED) is 0.441. The maximum atomic E-state index is 11.6. The molecule has 2 aromatic carbocycles. The van der Waals surface area contributed by atoms with E-state index in [9.17, 15) is 10.1 Å². The number of rotatable bonds is 6. The van der Waals surface area contributed by atoms with Gasteiger partial charge in [-0.2, -0.15) is 9.97 Å². The first-order valence-corrected chi connectivity index (χ1v) is 10.2. The van der Waals surface area contributed by atoms with E-state index in [0.717, 1.165) is 19.6 Å². The van der Waals surface area contributed by atoms with Gasteiger partial charge in [0.2, 0.25) is 17.6 Å². The molecule has 1 saturated heterocycles. The average Bonchev–Trinajstić information content (AvgIpc) is 2.76. The Hall–Kier alpha value is -3.43. The summed E-state index contributed by atoms with van der Waals surface area (Å²) in [5.41, 5.74) is 7.48. The number of nitro groups is 1. The number of halogens is 1. The lowest BCUT2D eigenvalue weighted by Crippen LogP contribution is -2.46. The van der Waals surface area contributed by atoms with Crippen LogP contribution >= 0.6 is 11.6 Å². The zero-order valence-corrected chi connectivity index (χ0v) is 17.5. The fourth-order valence-corrected chi connectivity index (χ4v) is 3.61. The number of aromatic nitrogens is 2. The predicted octanol–water partition coefficient (Wildman–Crippen LogP) is 3.69. The third-order valence-corrected chi connectivity index (χ3v) is 5.34. The summed E-state index contributed by atoms with van der Waals surface area (Å²) in [5, 5.41) is 15.1. The summed E-state index contributed by atoms with van der Waals surface area (Å²) >= 11 is 5.92. The van der Waals surface area contributed by atoms with Gasteiger partial charge in [0.1, 0.15) is 0 Å². The highest BCUT2D eigenvalue weighted by Gasteiger charge is 2.27. The van der Waals surface area contributed by atoms with E-state index in [2.05, 4.69) is 32.3 Å². The van der Waals surface area contributed by atoms with E-state index in [1.165, 1.54) is 5.56 Å². The summed E-state index contributed by atoms with van der Waals surface area (Å²) in [6.45, 7) is 3.93. The van der Waals surface area contributed by atoms with Gasteiger partial charge in [0.25, 0.3) is 0 Å². The summed E-state index contributed by atoms with van der Waals surface area (Å²) in [4.78, 5) is 24.0. The van der Waals surface area contributed by atoms with Crippen LogP contribution in [0.25, 0.3) is 0 Å². The Morgan fingerprint density at radius 3 is 2.35 bits per heavy atom. The van der Waals surface area contributed by atoms with Crippen molar-refractivity contribution in [2.75, 3.05) is 42.1 Å². The molecular formula is C21H22ClN7O2. The molecule has 1 aromatic heterocycles. The fourth-order valence-electron chi connectivity index (χ4n) is 3.49. The third kappa shape index (κ3) is 5.01. The summed E-state index contributed by atoms with van der Waals surface area (Å²) < 4.78 is 0. The van der Waals surface area contributed by atoms with Gasteiger partial charge in [0.15, 0.2) is 0 Å². The molecule has 0 bridgehead atoms. The van der Waals surface area contributed by atoms with Crippen LogP contribution in [0.4, 0.5) is 29.0 Å². The maximum Gasteiger partial charge on any atom is 0.353 e. The van der Waals surface area contributed by atoms with Crippen LogP contribution in [0.3, 0.4) is 0 Å². The Morgan fingerprint density at radius 1 is 1.03 bits per heavy atom. The molecule has 0 amide bonds. The van der Waals surface area contributed by atoms with E-state index in [1.54, 1.807) is 24.3 Å². The number of nitrogen functional groups attached to an aromatic ring is 1. The molecule has 0 unspecified atom stereocenters. The third-order valence-electron chi connectivity index (χ3n) is 5.09. The minimum absolute atomic E-state index is 0.0570. The lowest BCUT2D eigenvalue weighted by Gasteiger charge is -2.34. The highest BCUT2D eigenvalue weighted by Crippen LogP contribution is 2.32. The van der Waals surface area contributed by atoms with E-state index < -0.39 is 4.92 Å². The molecule has 0 atom stereocenters. The second-order valence-corrected chi connectivity index (χ2v) is 7.68. The highest BCUT2D eigenvalue weighted by molar-refractivity contribution is 6.30. The molecule has 0 saturated carbocycles. The van der Waals surface area contributed by atoms with Gasteiger partial charge in [-0.25, -0.2) is 0 Å². The van der Waals surface area contributed by atoms with Gasteiger partial charge in [-0.3, -0.25) is 15.0 Å². The van der Waals surface area contributed by atoms with Crippen molar-refractivity contribution < 1.29 is 4.92 Å². The predicted molar refractivity (Wildman–Crippen MR) is 122 cm³/mol. The molecule has 10 heteroatoms. The largest absolute Gasteiger partial charge is 0.378 e. The van der Waals surface area contributed by atoms with Crippen LogP contribution in [0.15, 0.2) is 54.6 Å². The zero-order valence-electron chi connectivity index (χ0n) is 16.7. The summed E-state index contributed by atoms with van der Waals surface area (Å²) in [7, 11) is 0. The second kappa shape index (κ2) is 9.15. The van der Waals surface area contributed by atoms with Gasteiger partial charge in [0, 0.05) is 43.4 Å². The van der Waals surface area contributed by atoms with Crippen molar-refractivity contribution in [1.29, 1.82) is 0 Å². The molecule has 0 spiro atoms.